The van der Waals surface area contributed by atoms with E-state index < -0.39 is 33.7 Å². The molecule has 0 bridgehead atoms. The third-order valence-corrected chi connectivity index (χ3v) is 2.58. The van der Waals surface area contributed by atoms with Crippen LogP contribution in [0.3, 0.4) is 0 Å². The van der Waals surface area contributed by atoms with Gasteiger partial charge in [0.05, 0.1) is 6.42 Å². The fourth-order valence-corrected chi connectivity index (χ4v) is 1.09. The molecule has 0 aliphatic carbocycles. The van der Waals surface area contributed by atoms with Crippen LogP contribution in [0, 0.1) is 0 Å². The topological polar surface area (TPSA) is 129 Å². The van der Waals surface area contributed by atoms with Gasteiger partial charge in [0.1, 0.15) is 0 Å². The minimum Gasteiger partial charge on any atom is -0.481 e. The summed E-state index contributed by atoms with van der Waals surface area (Å²) in [5.41, 5.74) is 0. The Balaban J connectivity index is 0. The van der Waals surface area contributed by atoms with Crippen LogP contribution in [0.2, 0.25) is 0 Å². The second-order valence-corrected chi connectivity index (χ2v) is 4.54. The van der Waals surface area contributed by atoms with Crippen molar-refractivity contribution in [1.29, 1.82) is 0 Å². The van der Waals surface area contributed by atoms with Crippen molar-refractivity contribution in [3.8, 4) is 0 Å². The van der Waals surface area contributed by atoms with E-state index in [0.29, 0.717) is 0 Å². The van der Waals surface area contributed by atoms with Gasteiger partial charge in [-0.2, -0.15) is 8.42 Å². The lowest BCUT2D eigenvalue weighted by Crippen LogP contribution is -2.31. The van der Waals surface area contributed by atoms with Crippen molar-refractivity contribution in [2.45, 2.75) is 38.4 Å². The Labute approximate surface area is 93.8 Å². The van der Waals surface area contributed by atoms with Crippen LogP contribution in [-0.2, 0) is 19.7 Å². The molecule has 0 rings (SSSR count). The Morgan fingerprint density at radius 2 is 1.50 bits per heavy atom. The highest BCUT2D eigenvalue weighted by atomic mass is 32.2. The molecule has 0 aromatic carbocycles. The van der Waals surface area contributed by atoms with Gasteiger partial charge >= 0.3 is 11.9 Å². The Morgan fingerprint density at radius 1 is 1.12 bits per heavy atom. The first-order chi connectivity index (χ1) is 7.16. The molecule has 0 saturated heterocycles. The second kappa shape index (κ2) is 8.05. The monoisotopic (exact) mass is 256 g/mol. The maximum atomic E-state index is 10.2. The number of carbonyl (C=O) groups is 2. The maximum Gasteiger partial charge on any atom is 0.325 e. The van der Waals surface area contributed by atoms with E-state index in [1.54, 1.807) is 0 Å². The number of carboxylic acids is 2. The van der Waals surface area contributed by atoms with Crippen LogP contribution in [0.25, 0.3) is 0 Å². The van der Waals surface area contributed by atoms with Crippen molar-refractivity contribution < 1.29 is 32.8 Å². The third kappa shape index (κ3) is 9.41. The Bertz CT molecular complexity index is 317. The summed E-state index contributed by atoms with van der Waals surface area (Å²) < 4.78 is 28.7. The van der Waals surface area contributed by atoms with Gasteiger partial charge in [0, 0.05) is 0 Å². The average molecular weight is 256 g/mol. The molecule has 0 radical (unpaired) electrons. The first kappa shape index (κ1) is 17.3. The molecule has 0 aliphatic heterocycles. The van der Waals surface area contributed by atoms with E-state index in [4.69, 9.17) is 14.8 Å². The molecule has 0 heterocycles. The van der Waals surface area contributed by atoms with Gasteiger partial charge in [-0.25, -0.2) is 0 Å². The van der Waals surface area contributed by atoms with Crippen molar-refractivity contribution in [3.05, 3.63) is 0 Å². The van der Waals surface area contributed by atoms with Crippen LogP contribution in [0.1, 0.15) is 33.1 Å². The molecule has 0 aliphatic rings. The highest BCUT2D eigenvalue weighted by molar-refractivity contribution is 7.87. The fraction of sp³-hybridized carbons (Fsp3) is 0.750. The van der Waals surface area contributed by atoms with E-state index in [-0.39, 0.29) is 0 Å². The van der Waals surface area contributed by atoms with Gasteiger partial charge < -0.3 is 10.2 Å². The van der Waals surface area contributed by atoms with Crippen LogP contribution in [0.5, 0.6) is 0 Å². The average Bonchev–Trinajstić information content (AvgIpc) is 2.12. The van der Waals surface area contributed by atoms with Gasteiger partial charge in [0.15, 0.2) is 5.25 Å². The minimum atomic E-state index is -4.84. The van der Waals surface area contributed by atoms with Crippen molar-refractivity contribution >= 4 is 22.1 Å². The molecular weight excluding hydrogens is 240 g/mol. The standard InChI is InChI=1S/C4H6O7S.C4H10/c5-3(6)1-2(4(7)8)12(9,10)11;1-3-4-2/h2H,1H2,(H,5,6)(H,7,8)(H,9,10,11);3-4H2,1-2H3. The summed E-state index contributed by atoms with van der Waals surface area (Å²) in [5.74, 6) is -3.50. The van der Waals surface area contributed by atoms with Crippen LogP contribution < -0.4 is 0 Å². The summed E-state index contributed by atoms with van der Waals surface area (Å²) in [6.07, 6.45) is 1.48. The fourth-order valence-electron chi connectivity index (χ4n) is 0.479. The Morgan fingerprint density at radius 3 is 1.56 bits per heavy atom. The first-order valence-electron chi connectivity index (χ1n) is 4.57. The van der Waals surface area contributed by atoms with Crippen LogP contribution in [-0.4, -0.2) is 40.4 Å². The van der Waals surface area contributed by atoms with Gasteiger partial charge in [-0.3, -0.25) is 14.1 Å². The van der Waals surface area contributed by atoms with Gasteiger partial charge in [0.25, 0.3) is 10.1 Å². The van der Waals surface area contributed by atoms with Gasteiger partial charge in [-0.15, -0.1) is 0 Å². The Hall–Kier alpha value is -1.15. The largest absolute Gasteiger partial charge is 0.481 e. The highest BCUT2D eigenvalue weighted by Gasteiger charge is 2.33. The van der Waals surface area contributed by atoms with Crippen LogP contribution in [0.4, 0.5) is 0 Å². The zero-order chi connectivity index (χ0) is 13.4. The molecule has 1 unspecified atom stereocenters. The smallest absolute Gasteiger partial charge is 0.325 e. The molecule has 1 atom stereocenters. The van der Waals surface area contributed by atoms with E-state index in [1.165, 1.54) is 12.8 Å². The molecule has 8 heteroatoms. The van der Waals surface area contributed by atoms with E-state index in [0.717, 1.165) is 0 Å². The van der Waals surface area contributed by atoms with E-state index in [1.807, 2.05) is 0 Å². The number of hydrogen-bond donors (Lipinski definition) is 3. The molecule has 16 heavy (non-hydrogen) atoms. The third-order valence-electron chi connectivity index (χ3n) is 1.50. The molecule has 0 spiro atoms. The summed E-state index contributed by atoms with van der Waals surface area (Å²) >= 11 is 0. The summed E-state index contributed by atoms with van der Waals surface area (Å²) in [6, 6.07) is 0. The highest BCUT2D eigenvalue weighted by Crippen LogP contribution is 2.04. The SMILES string of the molecule is CCCC.O=C(O)CC(C(=O)O)S(=O)(=O)O. The lowest BCUT2D eigenvalue weighted by molar-refractivity contribution is -0.143. The van der Waals surface area contributed by atoms with Crippen molar-refractivity contribution in [2.75, 3.05) is 0 Å². The zero-order valence-corrected chi connectivity index (χ0v) is 9.90. The van der Waals surface area contributed by atoms with Gasteiger partial charge in [0.2, 0.25) is 0 Å². The number of rotatable bonds is 5. The molecule has 3 N–H and O–H groups in total. The van der Waals surface area contributed by atoms with Crippen molar-refractivity contribution in [3.63, 3.8) is 0 Å². The molecule has 0 aromatic rings. The Kier molecular flexibility index (Phi) is 8.68. The molecule has 0 saturated carbocycles. The minimum absolute atomic E-state index is 1.16. The van der Waals surface area contributed by atoms with E-state index in [2.05, 4.69) is 13.8 Å². The number of aliphatic carboxylic acids is 2. The van der Waals surface area contributed by atoms with Crippen molar-refractivity contribution in [1.82, 2.24) is 0 Å². The predicted molar refractivity (Wildman–Crippen MR) is 55.8 cm³/mol. The summed E-state index contributed by atoms with van der Waals surface area (Å²) in [7, 11) is -4.84. The lowest BCUT2D eigenvalue weighted by atomic mass is 10.3. The molecule has 96 valence electrons. The molecular formula is C8H16O7S. The maximum absolute atomic E-state index is 10.2. The lowest BCUT2D eigenvalue weighted by Gasteiger charge is -2.04. The summed E-state index contributed by atoms with van der Waals surface area (Å²) in [4.78, 5) is 20.0. The zero-order valence-electron chi connectivity index (χ0n) is 9.08. The first-order valence-corrected chi connectivity index (χ1v) is 6.07. The van der Waals surface area contributed by atoms with Crippen LogP contribution in [0.15, 0.2) is 0 Å². The van der Waals surface area contributed by atoms with E-state index in [9.17, 15) is 18.0 Å². The van der Waals surface area contributed by atoms with Crippen LogP contribution >= 0.6 is 0 Å². The number of hydrogen-bond acceptors (Lipinski definition) is 4. The number of carboxylic acid groups (broad SMARTS) is 2. The molecule has 0 amide bonds. The van der Waals surface area contributed by atoms with Crippen molar-refractivity contribution in [2.24, 2.45) is 0 Å². The normalized spacial score (nSPS) is 12.2. The predicted octanol–water partition coefficient (Wildman–Crippen LogP) is 0.609. The molecule has 0 aromatic heterocycles. The van der Waals surface area contributed by atoms with E-state index >= 15 is 0 Å². The summed E-state index contributed by atoms with van der Waals surface area (Å²) in [5, 5.41) is 13.9. The second-order valence-electron chi connectivity index (χ2n) is 2.94. The quantitative estimate of drug-likeness (QED) is 0.614. The molecule has 0 fully saturated rings. The summed E-state index contributed by atoms with van der Waals surface area (Å²) in [6.45, 7) is 4.36. The number of unbranched alkanes of at least 4 members (excludes halogenated alkanes) is 1. The molecule has 7 nitrogen and oxygen atoms in total. The van der Waals surface area contributed by atoms with Gasteiger partial charge in [-0.1, -0.05) is 26.7 Å². The van der Waals surface area contributed by atoms with Gasteiger partial charge in [-0.05, 0) is 0 Å².